The minimum Gasteiger partial charge on any atom is -0.476 e. The van der Waals surface area contributed by atoms with E-state index in [1.807, 2.05) is 0 Å². The van der Waals surface area contributed by atoms with Crippen molar-refractivity contribution in [3.63, 3.8) is 0 Å². The van der Waals surface area contributed by atoms with Gasteiger partial charge in [0.1, 0.15) is 5.82 Å². The van der Waals surface area contributed by atoms with Gasteiger partial charge in [-0.3, -0.25) is 4.79 Å². The highest BCUT2D eigenvalue weighted by molar-refractivity contribution is 6.32. The molecule has 0 aliphatic carbocycles. The number of aliphatic carboxylic acids is 1. The van der Waals surface area contributed by atoms with Gasteiger partial charge < -0.3 is 10.4 Å². The van der Waals surface area contributed by atoms with Crippen LogP contribution in [-0.4, -0.2) is 28.4 Å². The first-order valence-corrected chi connectivity index (χ1v) is 8.15. The number of hydrogen-bond acceptors (Lipinski definition) is 4. The lowest BCUT2D eigenvalue weighted by molar-refractivity contribution is -0.149. The maximum atomic E-state index is 10.9. The topological polar surface area (TPSA) is 79.3 Å². The Morgan fingerprint density at radius 1 is 1.14 bits per heavy atom. The van der Waals surface area contributed by atoms with Crippen LogP contribution < -0.4 is 5.32 Å². The van der Waals surface area contributed by atoms with Crippen molar-refractivity contribution in [2.45, 2.75) is 57.8 Å². The summed E-state index contributed by atoms with van der Waals surface area (Å²) in [6.07, 6.45) is 8.23. The molecule has 5 heteroatoms. The number of Topliss-reactive ketones (excluding diaryl/α,β-unsaturated/α-hetero) is 1. The Hall–Kier alpha value is -1.91. The average Bonchev–Trinajstić information content (AvgIpc) is 2.53. The normalized spacial score (nSPS) is 13.3. The van der Waals surface area contributed by atoms with Gasteiger partial charge in [0, 0.05) is 18.7 Å². The van der Waals surface area contributed by atoms with Crippen LogP contribution in [0.4, 0.5) is 5.82 Å². The molecule has 2 rings (SSSR count). The van der Waals surface area contributed by atoms with Gasteiger partial charge in [-0.1, -0.05) is 25.3 Å². The number of fused-ring (bicyclic) bond motifs is 1. The van der Waals surface area contributed by atoms with Crippen LogP contribution in [0.1, 0.15) is 56.2 Å². The second-order valence-corrected chi connectivity index (χ2v) is 5.84. The fourth-order valence-electron chi connectivity index (χ4n) is 2.74. The van der Waals surface area contributed by atoms with Crippen molar-refractivity contribution in [2.24, 2.45) is 0 Å². The van der Waals surface area contributed by atoms with E-state index in [2.05, 4.69) is 22.4 Å². The molecule has 1 aliphatic heterocycles. The van der Waals surface area contributed by atoms with Crippen molar-refractivity contribution in [3.05, 3.63) is 23.4 Å². The van der Waals surface area contributed by atoms with Gasteiger partial charge in [0.25, 0.3) is 0 Å². The number of rotatable bonds is 9. The molecule has 1 aliphatic rings. The van der Waals surface area contributed by atoms with Crippen molar-refractivity contribution in [1.82, 2.24) is 4.98 Å². The monoisotopic (exact) mass is 304 g/mol. The summed E-state index contributed by atoms with van der Waals surface area (Å²) in [6, 6.07) is 4.30. The van der Waals surface area contributed by atoms with Gasteiger partial charge in [0.15, 0.2) is 0 Å². The number of aromatic nitrogens is 1. The number of pyridine rings is 1. The third kappa shape index (κ3) is 5.13. The Bertz CT molecular complexity index is 529. The van der Waals surface area contributed by atoms with Gasteiger partial charge >= 0.3 is 5.97 Å². The third-order valence-corrected chi connectivity index (χ3v) is 4.03. The van der Waals surface area contributed by atoms with Gasteiger partial charge in [0.2, 0.25) is 5.78 Å². The van der Waals surface area contributed by atoms with Crippen LogP contribution in [0, 0.1) is 0 Å². The molecule has 0 saturated carbocycles. The molecule has 0 atom stereocenters. The number of nitrogens with zero attached hydrogens (tertiary/aromatic N) is 1. The fourth-order valence-corrected chi connectivity index (χ4v) is 2.74. The predicted octanol–water partition coefficient (Wildman–Crippen LogP) is 2.98. The molecule has 1 aromatic rings. The highest BCUT2D eigenvalue weighted by atomic mass is 16.4. The van der Waals surface area contributed by atoms with Crippen LogP contribution in [0.5, 0.6) is 0 Å². The van der Waals surface area contributed by atoms with Crippen molar-refractivity contribution in [1.29, 1.82) is 0 Å². The molecule has 0 bridgehead atoms. The molecule has 0 unspecified atom stereocenters. The van der Waals surface area contributed by atoms with E-state index in [9.17, 15) is 9.59 Å². The maximum absolute atomic E-state index is 10.9. The Kier molecular flexibility index (Phi) is 6.37. The molecule has 0 aromatic carbocycles. The number of ketones is 1. The van der Waals surface area contributed by atoms with Gasteiger partial charge in [0.05, 0.1) is 0 Å². The zero-order valence-electron chi connectivity index (χ0n) is 12.9. The summed E-state index contributed by atoms with van der Waals surface area (Å²) in [4.78, 5) is 26.0. The van der Waals surface area contributed by atoms with Crippen LogP contribution in [0.3, 0.4) is 0 Å². The van der Waals surface area contributed by atoms with Crippen LogP contribution >= 0.6 is 0 Å². The molecule has 1 aromatic heterocycles. The highest BCUT2D eigenvalue weighted by Crippen LogP contribution is 2.20. The van der Waals surface area contributed by atoms with Crippen LogP contribution in [-0.2, 0) is 22.4 Å². The summed E-state index contributed by atoms with van der Waals surface area (Å²) in [5.41, 5.74) is 2.45. The fraction of sp³-hybridized carbons (Fsp3) is 0.588. The lowest BCUT2D eigenvalue weighted by Gasteiger charge is -2.17. The van der Waals surface area contributed by atoms with Gasteiger partial charge in [-0.25, -0.2) is 9.78 Å². The molecule has 22 heavy (non-hydrogen) atoms. The average molecular weight is 304 g/mol. The molecule has 0 spiro atoms. The number of carboxylic acids is 1. The van der Waals surface area contributed by atoms with Crippen molar-refractivity contribution >= 4 is 17.6 Å². The Morgan fingerprint density at radius 3 is 2.73 bits per heavy atom. The van der Waals surface area contributed by atoms with E-state index in [4.69, 9.17) is 5.11 Å². The van der Waals surface area contributed by atoms with E-state index in [1.54, 1.807) is 0 Å². The number of carbonyl (C=O) groups is 2. The lowest BCUT2D eigenvalue weighted by Crippen LogP contribution is -2.13. The second-order valence-electron chi connectivity index (χ2n) is 5.84. The highest BCUT2D eigenvalue weighted by Gasteiger charge is 2.11. The summed E-state index contributed by atoms with van der Waals surface area (Å²) in [5.74, 6) is -0.936. The molecule has 0 amide bonds. The van der Waals surface area contributed by atoms with Gasteiger partial charge in [-0.15, -0.1) is 0 Å². The number of hydrogen-bond donors (Lipinski definition) is 2. The van der Waals surface area contributed by atoms with E-state index in [0.29, 0.717) is 6.42 Å². The molecule has 0 radical (unpaired) electrons. The Labute approximate surface area is 131 Å². The summed E-state index contributed by atoms with van der Waals surface area (Å²) >= 11 is 0. The minimum absolute atomic E-state index is 0.160. The third-order valence-electron chi connectivity index (χ3n) is 4.03. The smallest absolute Gasteiger partial charge is 0.372 e. The van der Waals surface area contributed by atoms with Crippen molar-refractivity contribution < 1.29 is 14.7 Å². The lowest BCUT2D eigenvalue weighted by atomic mass is 10.0. The number of unbranched alkanes of at least 4 members (excludes halogenated alkanes) is 4. The number of carbonyl (C=O) groups excluding carboxylic acids is 1. The molecule has 0 fully saturated rings. The molecule has 5 nitrogen and oxygen atoms in total. The number of aryl methyl sites for hydroxylation is 2. The first-order chi connectivity index (χ1) is 10.7. The minimum atomic E-state index is -1.31. The van der Waals surface area contributed by atoms with Gasteiger partial charge in [-0.05, 0) is 43.7 Å². The molecular formula is C17H24N2O3. The molecular weight excluding hydrogens is 280 g/mol. The van der Waals surface area contributed by atoms with Gasteiger partial charge in [-0.2, -0.15) is 0 Å². The van der Waals surface area contributed by atoms with E-state index in [-0.39, 0.29) is 6.42 Å². The Morgan fingerprint density at radius 2 is 1.91 bits per heavy atom. The first-order valence-electron chi connectivity index (χ1n) is 8.15. The van der Waals surface area contributed by atoms with Crippen molar-refractivity contribution in [3.8, 4) is 0 Å². The molecule has 2 N–H and O–H groups in total. The van der Waals surface area contributed by atoms with Crippen LogP contribution in [0.15, 0.2) is 12.1 Å². The molecule has 2 heterocycles. The summed E-state index contributed by atoms with van der Waals surface area (Å²) in [5, 5.41) is 11.8. The standard InChI is InChI=1S/C17H24N2O3/c20-15(17(21)22)9-5-3-1-2-4-8-14-11-10-13-7-6-12-18-16(13)19-14/h10-11H,1-9,12H2,(H,18,19)(H,21,22). The maximum Gasteiger partial charge on any atom is 0.372 e. The van der Waals surface area contributed by atoms with E-state index >= 15 is 0 Å². The SMILES string of the molecule is O=C(O)C(=O)CCCCCCCc1ccc2c(n1)NCCC2. The van der Waals surface area contributed by atoms with E-state index in [1.165, 1.54) is 12.0 Å². The zero-order chi connectivity index (χ0) is 15.8. The largest absolute Gasteiger partial charge is 0.476 e. The van der Waals surface area contributed by atoms with Crippen LogP contribution in [0.25, 0.3) is 0 Å². The predicted molar refractivity (Wildman–Crippen MR) is 85.1 cm³/mol. The zero-order valence-corrected chi connectivity index (χ0v) is 12.9. The Balaban J connectivity index is 1.59. The quantitative estimate of drug-likeness (QED) is 0.541. The second kappa shape index (κ2) is 8.51. The number of anilines is 1. The number of nitrogens with one attached hydrogen (secondary N) is 1. The summed E-state index contributed by atoms with van der Waals surface area (Å²) in [6.45, 7) is 1.01. The molecule has 120 valence electrons. The summed E-state index contributed by atoms with van der Waals surface area (Å²) < 4.78 is 0. The van der Waals surface area contributed by atoms with E-state index in [0.717, 1.165) is 56.6 Å². The first kappa shape index (κ1) is 16.5. The van der Waals surface area contributed by atoms with E-state index < -0.39 is 11.8 Å². The van der Waals surface area contributed by atoms with Crippen LogP contribution in [0.2, 0.25) is 0 Å². The summed E-state index contributed by atoms with van der Waals surface area (Å²) in [7, 11) is 0. The molecule has 0 saturated heterocycles. The van der Waals surface area contributed by atoms with Crippen molar-refractivity contribution in [2.75, 3.05) is 11.9 Å². The number of carboxylic acid groups (broad SMARTS) is 1.